The van der Waals surface area contributed by atoms with Gasteiger partial charge in [0.05, 0.1) is 33.6 Å². The molecule has 1 unspecified atom stereocenters. The lowest BCUT2D eigenvalue weighted by Gasteiger charge is -2.22. The zero-order chi connectivity index (χ0) is 19.0. The Balaban J connectivity index is 1.67. The highest BCUT2D eigenvalue weighted by molar-refractivity contribution is 7.22. The first kappa shape index (κ1) is 18.9. The van der Waals surface area contributed by atoms with E-state index in [2.05, 4.69) is 26.0 Å². The smallest absolute Gasteiger partial charge is 0.234 e. The van der Waals surface area contributed by atoms with Crippen LogP contribution in [-0.4, -0.2) is 30.1 Å². The molecule has 1 amide bonds. The first-order valence-corrected chi connectivity index (χ1v) is 11.1. The molecule has 1 aromatic carbocycles. The number of aromatic nitrogens is 1. The van der Waals surface area contributed by atoms with Crippen molar-refractivity contribution in [3.8, 4) is 0 Å². The maximum atomic E-state index is 13.2. The van der Waals surface area contributed by atoms with Gasteiger partial charge in [0.15, 0.2) is 5.13 Å². The monoisotopic (exact) mass is 420 g/mol. The predicted molar refractivity (Wildman–Crippen MR) is 113 cm³/mol. The average molecular weight is 421 g/mol. The molecule has 2 aromatic heterocycles. The third-order valence-corrected chi connectivity index (χ3v) is 7.27. The van der Waals surface area contributed by atoms with Gasteiger partial charge in [0, 0.05) is 11.5 Å². The second kappa shape index (κ2) is 7.87. The normalized spacial score (nSPS) is 16.9. The number of rotatable bonds is 5. The number of benzene rings is 1. The molecule has 1 aliphatic heterocycles. The second-order valence-electron chi connectivity index (χ2n) is 6.90. The third kappa shape index (κ3) is 4.04. The number of fused-ring (bicyclic) bond motifs is 1. The summed E-state index contributed by atoms with van der Waals surface area (Å²) in [6, 6.07) is 7.95. The summed E-state index contributed by atoms with van der Waals surface area (Å²) < 4.78 is 7.65. The summed E-state index contributed by atoms with van der Waals surface area (Å²) in [7, 11) is 0. The van der Waals surface area contributed by atoms with E-state index in [-0.39, 0.29) is 12.0 Å². The van der Waals surface area contributed by atoms with Crippen LogP contribution in [0.4, 0.5) is 5.13 Å². The fourth-order valence-electron chi connectivity index (χ4n) is 3.33. The van der Waals surface area contributed by atoms with Crippen LogP contribution >= 0.6 is 34.3 Å². The van der Waals surface area contributed by atoms with Gasteiger partial charge in [-0.1, -0.05) is 35.1 Å². The van der Waals surface area contributed by atoms with Gasteiger partial charge < -0.3 is 4.74 Å². The summed E-state index contributed by atoms with van der Waals surface area (Å²) in [6.07, 6.45) is 2.44. The summed E-state index contributed by atoms with van der Waals surface area (Å²) in [5.41, 5.74) is 3.31. The fourth-order valence-corrected chi connectivity index (χ4v) is 5.55. The molecule has 1 saturated heterocycles. The minimum absolute atomic E-state index is 0.0402. The standard InChI is InChI=1S/C20H21ClN2O2S2/c1-12-5-6-13(2)19-18(12)22-20(27-19)23(11-14-4-3-9-25-14)17(24)10-15-7-8-16(21)26-15/h5-8,14H,3-4,9-11H2,1-2H3. The highest BCUT2D eigenvalue weighted by Gasteiger charge is 2.27. The summed E-state index contributed by atoms with van der Waals surface area (Å²) in [6.45, 7) is 5.47. The summed E-state index contributed by atoms with van der Waals surface area (Å²) >= 11 is 9.07. The SMILES string of the molecule is Cc1ccc(C)c2sc(N(CC3CCCO3)C(=O)Cc3ccc(Cl)s3)nc12. The molecule has 4 nitrogen and oxygen atoms in total. The van der Waals surface area contributed by atoms with Crippen molar-refractivity contribution in [1.82, 2.24) is 4.98 Å². The number of thiazole rings is 1. The summed E-state index contributed by atoms with van der Waals surface area (Å²) in [5.74, 6) is 0.0402. The van der Waals surface area contributed by atoms with Gasteiger partial charge in [0.2, 0.25) is 5.91 Å². The van der Waals surface area contributed by atoms with Crippen molar-refractivity contribution in [1.29, 1.82) is 0 Å². The molecule has 0 aliphatic carbocycles. The molecule has 0 saturated carbocycles. The topological polar surface area (TPSA) is 42.4 Å². The van der Waals surface area contributed by atoms with Crippen molar-refractivity contribution >= 4 is 55.5 Å². The average Bonchev–Trinajstić information content (AvgIpc) is 3.37. The quantitative estimate of drug-likeness (QED) is 0.556. The van der Waals surface area contributed by atoms with Crippen molar-refractivity contribution in [2.75, 3.05) is 18.1 Å². The lowest BCUT2D eigenvalue weighted by molar-refractivity contribution is -0.118. The molecule has 0 spiro atoms. The van der Waals surface area contributed by atoms with Gasteiger partial charge >= 0.3 is 0 Å². The molecule has 4 rings (SSSR count). The zero-order valence-electron chi connectivity index (χ0n) is 15.3. The van der Waals surface area contributed by atoms with Gasteiger partial charge in [-0.25, -0.2) is 4.98 Å². The van der Waals surface area contributed by atoms with Crippen LogP contribution in [0.3, 0.4) is 0 Å². The molecule has 0 radical (unpaired) electrons. The van der Waals surface area contributed by atoms with Crippen molar-refractivity contribution in [3.63, 3.8) is 0 Å². The highest BCUT2D eigenvalue weighted by Crippen LogP contribution is 2.34. The van der Waals surface area contributed by atoms with Crippen LogP contribution in [0.15, 0.2) is 24.3 Å². The van der Waals surface area contributed by atoms with E-state index in [1.807, 2.05) is 17.0 Å². The van der Waals surface area contributed by atoms with Crippen LogP contribution in [0.25, 0.3) is 10.2 Å². The highest BCUT2D eigenvalue weighted by atomic mass is 35.5. The molecular weight excluding hydrogens is 400 g/mol. The Hall–Kier alpha value is -1.47. The maximum Gasteiger partial charge on any atom is 0.234 e. The van der Waals surface area contributed by atoms with Crippen LogP contribution in [-0.2, 0) is 16.0 Å². The molecule has 142 valence electrons. The molecule has 1 fully saturated rings. The first-order valence-electron chi connectivity index (χ1n) is 9.04. The largest absolute Gasteiger partial charge is 0.376 e. The predicted octanol–water partition coefficient (Wildman–Crippen LogP) is 5.38. The molecule has 27 heavy (non-hydrogen) atoms. The van der Waals surface area contributed by atoms with E-state index in [9.17, 15) is 4.79 Å². The van der Waals surface area contributed by atoms with Crippen LogP contribution in [0.5, 0.6) is 0 Å². The van der Waals surface area contributed by atoms with Crippen LogP contribution in [0, 0.1) is 13.8 Å². The minimum atomic E-state index is 0.0402. The van der Waals surface area contributed by atoms with E-state index in [1.54, 1.807) is 11.3 Å². The maximum absolute atomic E-state index is 13.2. The number of amides is 1. The number of anilines is 1. The molecule has 0 bridgehead atoms. The van der Waals surface area contributed by atoms with Gasteiger partial charge in [0.1, 0.15) is 0 Å². The molecular formula is C20H21ClN2O2S2. The van der Waals surface area contributed by atoms with Gasteiger partial charge in [0.25, 0.3) is 0 Å². The van der Waals surface area contributed by atoms with Crippen molar-refractivity contribution < 1.29 is 9.53 Å². The third-order valence-electron chi connectivity index (χ3n) is 4.83. The molecule has 7 heteroatoms. The van der Waals surface area contributed by atoms with Crippen molar-refractivity contribution in [2.24, 2.45) is 0 Å². The zero-order valence-corrected chi connectivity index (χ0v) is 17.7. The van der Waals surface area contributed by atoms with Crippen molar-refractivity contribution in [3.05, 3.63) is 44.6 Å². The Bertz CT molecular complexity index is 937. The van der Waals surface area contributed by atoms with Crippen molar-refractivity contribution in [2.45, 2.75) is 39.2 Å². The van der Waals surface area contributed by atoms with E-state index in [1.165, 1.54) is 16.9 Å². The number of halogens is 1. The number of nitrogens with zero attached hydrogens (tertiary/aromatic N) is 2. The summed E-state index contributed by atoms with van der Waals surface area (Å²) in [4.78, 5) is 20.8. The number of carbonyl (C=O) groups is 1. The molecule has 1 aliphatic rings. The number of thiophene rings is 1. The Morgan fingerprint density at radius 3 is 2.74 bits per heavy atom. The molecule has 3 aromatic rings. The minimum Gasteiger partial charge on any atom is -0.376 e. The van der Waals surface area contributed by atoms with E-state index in [4.69, 9.17) is 21.3 Å². The lowest BCUT2D eigenvalue weighted by Crippen LogP contribution is -2.38. The van der Waals surface area contributed by atoms with Gasteiger partial charge in [-0.3, -0.25) is 9.69 Å². The van der Waals surface area contributed by atoms with E-state index < -0.39 is 0 Å². The molecule has 3 heterocycles. The fraction of sp³-hybridized carbons (Fsp3) is 0.400. The number of hydrogen-bond donors (Lipinski definition) is 0. The Kier molecular flexibility index (Phi) is 5.50. The number of hydrogen-bond acceptors (Lipinski definition) is 5. The van der Waals surface area contributed by atoms with E-state index in [0.29, 0.717) is 17.3 Å². The van der Waals surface area contributed by atoms with E-state index >= 15 is 0 Å². The number of carbonyl (C=O) groups excluding carboxylic acids is 1. The van der Waals surface area contributed by atoms with Crippen LogP contribution < -0.4 is 4.90 Å². The number of ether oxygens (including phenoxy) is 1. The second-order valence-corrected chi connectivity index (χ2v) is 9.67. The van der Waals surface area contributed by atoms with Gasteiger partial charge in [-0.05, 0) is 49.9 Å². The van der Waals surface area contributed by atoms with E-state index in [0.717, 1.165) is 45.2 Å². The Morgan fingerprint density at radius 2 is 2.07 bits per heavy atom. The van der Waals surface area contributed by atoms with Crippen LogP contribution in [0.1, 0.15) is 28.8 Å². The lowest BCUT2D eigenvalue weighted by atomic mass is 10.1. The van der Waals surface area contributed by atoms with Gasteiger partial charge in [-0.15, -0.1) is 11.3 Å². The molecule has 0 N–H and O–H groups in total. The Morgan fingerprint density at radius 1 is 1.26 bits per heavy atom. The first-order chi connectivity index (χ1) is 13.0. The number of aryl methyl sites for hydroxylation is 2. The van der Waals surface area contributed by atoms with Crippen LogP contribution in [0.2, 0.25) is 4.34 Å². The van der Waals surface area contributed by atoms with Gasteiger partial charge in [-0.2, -0.15) is 0 Å². The molecule has 1 atom stereocenters. The Labute approximate surface area is 171 Å². The summed E-state index contributed by atoms with van der Waals surface area (Å²) in [5, 5.41) is 0.755.